The first-order valence-corrected chi connectivity index (χ1v) is 13.2. The molecule has 1 aliphatic heterocycles. The molecule has 3 rings (SSSR count). The molecule has 1 aromatic heterocycles. The predicted molar refractivity (Wildman–Crippen MR) is 109 cm³/mol. The van der Waals surface area contributed by atoms with Crippen molar-refractivity contribution in [2.24, 2.45) is 0 Å². The van der Waals surface area contributed by atoms with Crippen molar-refractivity contribution in [3.63, 3.8) is 0 Å². The van der Waals surface area contributed by atoms with Gasteiger partial charge < -0.3 is 4.90 Å². The summed E-state index contributed by atoms with van der Waals surface area (Å²) in [5.41, 5.74) is 0.759. The second kappa shape index (κ2) is 7.99. The summed E-state index contributed by atoms with van der Waals surface area (Å²) in [6.07, 6.45) is 4.26. The number of carbonyl (C=O) groups excluding carboxylic acids is 1. The summed E-state index contributed by atoms with van der Waals surface area (Å²) in [7, 11) is -3.88. The normalized spacial score (nSPS) is 22.4. The molecule has 2 aliphatic rings. The van der Waals surface area contributed by atoms with Gasteiger partial charge in [0.1, 0.15) is 11.4 Å². The molecule has 1 aromatic rings. The van der Waals surface area contributed by atoms with Crippen molar-refractivity contribution in [2.75, 3.05) is 25.6 Å². The fourth-order valence-electron chi connectivity index (χ4n) is 4.48. The molecule has 9 nitrogen and oxygen atoms in total. The molecule has 0 N–H and O–H groups in total. The van der Waals surface area contributed by atoms with Crippen LogP contribution in [0.1, 0.15) is 43.5 Å². The number of hydrogen-bond acceptors (Lipinski definition) is 6. The Kier molecular flexibility index (Phi) is 6.13. The number of amides is 1. The van der Waals surface area contributed by atoms with Crippen LogP contribution in [-0.4, -0.2) is 79.4 Å². The summed E-state index contributed by atoms with van der Waals surface area (Å²) in [5.74, 6) is -0.0789. The Labute approximate surface area is 173 Å². The van der Waals surface area contributed by atoms with Gasteiger partial charge in [-0.05, 0) is 33.1 Å². The molecule has 11 heteroatoms. The van der Waals surface area contributed by atoms with Gasteiger partial charge in [-0.3, -0.25) is 9.48 Å². The average molecular weight is 447 g/mol. The zero-order valence-corrected chi connectivity index (χ0v) is 19.1. The second-order valence-electron chi connectivity index (χ2n) is 8.24. The number of carbonyl (C=O) groups is 1. The number of hydrogen-bond donors (Lipinski definition) is 0. The number of rotatable bonds is 6. The van der Waals surface area contributed by atoms with Gasteiger partial charge in [0.15, 0.2) is 9.84 Å². The molecular weight excluding hydrogens is 416 g/mol. The summed E-state index contributed by atoms with van der Waals surface area (Å²) >= 11 is 0. The molecule has 1 saturated heterocycles. The molecule has 164 valence electrons. The van der Waals surface area contributed by atoms with Gasteiger partial charge in [-0.2, -0.15) is 5.10 Å². The third-order valence-electron chi connectivity index (χ3n) is 5.95. The smallest absolute Gasteiger partial charge is 0.246 e. The van der Waals surface area contributed by atoms with E-state index in [9.17, 15) is 21.6 Å². The Balaban J connectivity index is 1.89. The maximum Gasteiger partial charge on any atom is 0.246 e. The van der Waals surface area contributed by atoms with Crippen molar-refractivity contribution in [3.05, 3.63) is 11.4 Å². The molecule has 0 bridgehead atoms. The van der Waals surface area contributed by atoms with Crippen molar-refractivity contribution in [1.29, 1.82) is 0 Å². The lowest BCUT2D eigenvalue weighted by Crippen LogP contribution is -2.48. The van der Waals surface area contributed by atoms with Crippen LogP contribution < -0.4 is 0 Å². The Hall–Kier alpha value is -1.46. The van der Waals surface area contributed by atoms with Gasteiger partial charge in [-0.15, -0.1) is 0 Å². The molecule has 0 unspecified atom stereocenters. The molecule has 1 saturated carbocycles. The van der Waals surface area contributed by atoms with E-state index in [1.54, 1.807) is 18.7 Å². The van der Waals surface area contributed by atoms with Crippen LogP contribution in [-0.2, 0) is 31.2 Å². The van der Waals surface area contributed by atoms with Crippen LogP contribution in [0.5, 0.6) is 0 Å². The highest BCUT2D eigenvalue weighted by atomic mass is 32.2. The summed E-state index contributed by atoms with van der Waals surface area (Å²) in [6.45, 7) is 3.16. The van der Waals surface area contributed by atoms with Gasteiger partial charge >= 0.3 is 0 Å². The van der Waals surface area contributed by atoms with Crippen LogP contribution in [0.15, 0.2) is 4.90 Å². The summed E-state index contributed by atoms with van der Waals surface area (Å²) in [5, 5.41) is 4.31. The lowest BCUT2D eigenvalue weighted by atomic mass is 10.1. The van der Waals surface area contributed by atoms with E-state index in [1.165, 1.54) is 18.8 Å². The van der Waals surface area contributed by atoms with Crippen molar-refractivity contribution >= 4 is 25.8 Å². The first kappa shape index (κ1) is 22.2. The first-order chi connectivity index (χ1) is 13.4. The molecule has 2 heterocycles. The second-order valence-corrected chi connectivity index (χ2v) is 12.6. The van der Waals surface area contributed by atoms with Gasteiger partial charge in [-0.1, -0.05) is 12.8 Å². The highest BCUT2D eigenvalue weighted by Gasteiger charge is 2.39. The van der Waals surface area contributed by atoms with Gasteiger partial charge in [-0.25, -0.2) is 21.1 Å². The van der Waals surface area contributed by atoms with Crippen molar-refractivity contribution in [3.8, 4) is 0 Å². The number of nitrogens with zero attached hydrogens (tertiary/aromatic N) is 4. The third kappa shape index (κ3) is 4.36. The molecule has 2 fully saturated rings. The minimum Gasteiger partial charge on any atom is -0.334 e. The number of aromatic nitrogens is 2. The molecule has 0 radical (unpaired) electrons. The molecule has 0 aromatic carbocycles. The largest absolute Gasteiger partial charge is 0.334 e. The van der Waals surface area contributed by atoms with E-state index in [4.69, 9.17) is 0 Å². The number of sulfonamides is 1. The van der Waals surface area contributed by atoms with Gasteiger partial charge in [0.25, 0.3) is 0 Å². The van der Waals surface area contributed by atoms with Gasteiger partial charge in [0, 0.05) is 26.2 Å². The van der Waals surface area contributed by atoms with E-state index in [0.717, 1.165) is 30.0 Å². The Morgan fingerprint density at radius 1 is 1.14 bits per heavy atom. The Bertz CT molecular complexity index is 992. The topological polar surface area (TPSA) is 110 Å². The van der Waals surface area contributed by atoms with Crippen LogP contribution >= 0.6 is 0 Å². The highest BCUT2D eigenvalue weighted by Crippen LogP contribution is 2.30. The molecule has 1 atom stereocenters. The van der Waals surface area contributed by atoms with E-state index >= 15 is 0 Å². The first-order valence-electron chi connectivity index (χ1n) is 9.92. The van der Waals surface area contributed by atoms with Crippen molar-refractivity contribution in [2.45, 2.75) is 69.5 Å². The number of aryl methyl sites for hydroxylation is 1. The molecule has 29 heavy (non-hydrogen) atoms. The van der Waals surface area contributed by atoms with Gasteiger partial charge in [0.05, 0.1) is 22.9 Å². The minimum absolute atomic E-state index is 0.00656. The zero-order valence-electron chi connectivity index (χ0n) is 17.5. The average Bonchev–Trinajstić information content (AvgIpc) is 3.29. The lowest BCUT2D eigenvalue weighted by Gasteiger charge is -2.34. The van der Waals surface area contributed by atoms with Crippen molar-refractivity contribution in [1.82, 2.24) is 19.0 Å². The van der Waals surface area contributed by atoms with Crippen LogP contribution in [0.2, 0.25) is 0 Å². The molecule has 1 amide bonds. The van der Waals surface area contributed by atoms with Crippen molar-refractivity contribution < 1.29 is 21.6 Å². The number of sulfone groups is 1. The fraction of sp³-hybridized carbons (Fsp3) is 0.778. The third-order valence-corrected chi connectivity index (χ3v) is 9.77. The maximum absolute atomic E-state index is 13.3. The van der Waals surface area contributed by atoms with Crippen LogP contribution in [0.4, 0.5) is 0 Å². The summed E-state index contributed by atoms with van der Waals surface area (Å²) < 4.78 is 51.8. The van der Waals surface area contributed by atoms with Crippen LogP contribution in [0.3, 0.4) is 0 Å². The quantitative estimate of drug-likeness (QED) is 0.636. The standard InChI is InChI=1S/C18H30N4O5S2/c1-13-18(29(26,27)20(3)4)14(2)21(19-13)11-17(23)22(15-7-5-6-8-15)16-9-10-28(24,25)12-16/h15-16H,5-12H2,1-4H3/t16-/m0/s1. The SMILES string of the molecule is Cc1nn(CC(=O)N(C2CCCC2)[C@H]2CCS(=O)(=O)C2)c(C)c1S(=O)(=O)N(C)C. The maximum atomic E-state index is 13.3. The van der Waals surface area contributed by atoms with Crippen LogP contribution in [0.25, 0.3) is 0 Å². The summed E-state index contributed by atoms with van der Waals surface area (Å²) in [6, 6.07) is -0.264. The monoisotopic (exact) mass is 446 g/mol. The zero-order chi connectivity index (χ0) is 21.6. The van der Waals surface area contributed by atoms with E-state index < -0.39 is 19.9 Å². The van der Waals surface area contributed by atoms with Gasteiger partial charge in [0.2, 0.25) is 15.9 Å². The fourth-order valence-corrected chi connectivity index (χ4v) is 7.45. The lowest BCUT2D eigenvalue weighted by molar-refractivity contribution is -0.136. The predicted octanol–water partition coefficient (Wildman–Crippen LogP) is 0.709. The van der Waals surface area contributed by atoms with Crippen LogP contribution in [0, 0.1) is 13.8 Å². The minimum atomic E-state index is -3.67. The van der Waals surface area contributed by atoms with E-state index in [2.05, 4.69) is 5.10 Å². The highest BCUT2D eigenvalue weighted by molar-refractivity contribution is 7.91. The summed E-state index contributed by atoms with van der Waals surface area (Å²) in [4.78, 5) is 15.1. The van der Waals surface area contributed by atoms with E-state index in [-0.39, 0.29) is 40.9 Å². The van der Waals surface area contributed by atoms with E-state index in [1.807, 2.05) is 0 Å². The molecule has 1 aliphatic carbocycles. The van der Waals surface area contributed by atoms with E-state index in [0.29, 0.717) is 17.8 Å². The Morgan fingerprint density at radius 3 is 2.28 bits per heavy atom. The molecule has 0 spiro atoms. The molecular formula is C18H30N4O5S2. The Morgan fingerprint density at radius 2 is 1.76 bits per heavy atom.